The lowest BCUT2D eigenvalue weighted by Crippen LogP contribution is -2.48. The van der Waals surface area contributed by atoms with Gasteiger partial charge in [-0.05, 0) is 27.2 Å². The summed E-state index contributed by atoms with van der Waals surface area (Å²) in [5.41, 5.74) is 0. The van der Waals surface area contributed by atoms with Crippen LogP contribution in [0.25, 0.3) is 0 Å². The van der Waals surface area contributed by atoms with Gasteiger partial charge in [-0.3, -0.25) is 0 Å². The summed E-state index contributed by atoms with van der Waals surface area (Å²) >= 11 is 0. The number of rotatable bonds is 8. The number of hydrogen-bond acceptors (Lipinski definition) is 4. The molecule has 0 aliphatic heterocycles. The highest BCUT2D eigenvalue weighted by molar-refractivity contribution is 6.51. The van der Waals surface area contributed by atoms with Crippen molar-refractivity contribution >= 4 is 9.05 Å². The molecule has 0 aliphatic carbocycles. The Bertz CT molecular complexity index is 157. The normalized spacial score (nSPS) is 14.0. The predicted octanol–water partition coefficient (Wildman–Crippen LogP) is 1.47. The predicted molar refractivity (Wildman–Crippen MR) is 56.6 cm³/mol. The summed E-state index contributed by atoms with van der Waals surface area (Å²) in [6.45, 7) is 9.78. The van der Waals surface area contributed by atoms with E-state index in [1.54, 1.807) is 19.9 Å². The summed E-state index contributed by atoms with van der Waals surface area (Å²) < 4.78 is 15.5. The summed E-state index contributed by atoms with van der Waals surface area (Å²) in [4.78, 5) is 9.85. The molecule has 4 nitrogen and oxygen atoms in total. The van der Waals surface area contributed by atoms with Crippen LogP contribution < -0.4 is 0 Å². The van der Waals surface area contributed by atoms with E-state index in [1.165, 1.54) is 0 Å². The highest BCUT2D eigenvalue weighted by Crippen LogP contribution is 2.11. The topological polar surface area (TPSA) is 47.9 Å². The molecule has 0 bridgehead atoms. The smallest absolute Gasteiger partial charge is 0.367 e. The second kappa shape index (κ2) is 7.14. The fourth-order valence-electron chi connectivity index (χ4n) is 1.01. The lowest BCUT2D eigenvalue weighted by Gasteiger charge is -2.24. The van der Waals surface area contributed by atoms with E-state index >= 15 is 0 Å². The largest absolute Gasteiger partial charge is 0.677 e. The highest BCUT2D eigenvalue weighted by atomic mass is 28.4. The monoisotopic (exact) mass is 220 g/mol. The third kappa shape index (κ3) is 5.51. The van der Waals surface area contributed by atoms with Crippen molar-refractivity contribution in [2.75, 3.05) is 13.2 Å². The van der Waals surface area contributed by atoms with Crippen LogP contribution in [0.5, 0.6) is 0 Å². The van der Waals surface area contributed by atoms with E-state index in [9.17, 15) is 4.80 Å². The maximum absolute atomic E-state index is 9.85. The zero-order valence-corrected chi connectivity index (χ0v) is 10.2. The maximum Gasteiger partial charge on any atom is 0.677 e. The zero-order chi connectivity index (χ0) is 11.0. The van der Waals surface area contributed by atoms with E-state index in [0.29, 0.717) is 19.6 Å². The third-order valence-electron chi connectivity index (χ3n) is 1.50. The van der Waals surface area contributed by atoms with Gasteiger partial charge in [-0.15, -0.1) is 6.58 Å². The average molecular weight is 220 g/mol. The van der Waals surface area contributed by atoms with Crippen molar-refractivity contribution in [2.45, 2.75) is 33.3 Å². The first-order chi connectivity index (χ1) is 6.58. The van der Waals surface area contributed by atoms with Crippen LogP contribution in [0, 0.1) is 0 Å². The van der Waals surface area contributed by atoms with Crippen LogP contribution in [-0.4, -0.2) is 33.2 Å². The molecule has 14 heavy (non-hydrogen) atoms. The molecule has 0 aromatic heterocycles. The molecule has 0 amide bonds. The van der Waals surface area contributed by atoms with Gasteiger partial charge in [0.05, 0.1) is 6.10 Å². The molecule has 0 radical (unpaired) electrons. The minimum Gasteiger partial charge on any atom is -0.367 e. The van der Waals surface area contributed by atoms with Gasteiger partial charge in [0.25, 0.3) is 0 Å². The molecule has 0 fully saturated rings. The van der Waals surface area contributed by atoms with Gasteiger partial charge < -0.3 is 18.1 Å². The average Bonchev–Trinajstić information content (AvgIpc) is 2.04. The van der Waals surface area contributed by atoms with Gasteiger partial charge >= 0.3 is 9.05 Å². The van der Waals surface area contributed by atoms with Crippen molar-refractivity contribution in [3.05, 3.63) is 12.7 Å². The second-order valence-electron chi connectivity index (χ2n) is 2.84. The molecule has 0 aliphatic rings. The van der Waals surface area contributed by atoms with E-state index in [2.05, 4.69) is 6.58 Å². The Hall–Kier alpha value is -0.203. The number of hydrogen-bond donors (Lipinski definition) is 1. The van der Waals surface area contributed by atoms with Crippen molar-refractivity contribution in [3.63, 3.8) is 0 Å². The molecular formula is C9H20O4Si. The molecule has 0 spiro atoms. The van der Waals surface area contributed by atoms with Gasteiger partial charge in [0.15, 0.2) is 0 Å². The van der Waals surface area contributed by atoms with Crippen LogP contribution in [0.1, 0.15) is 27.2 Å². The Morgan fingerprint density at radius 2 is 1.86 bits per heavy atom. The fraction of sp³-hybridized carbons (Fsp3) is 0.778. The highest BCUT2D eigenvalue weighted by Gasteiger charge is 2.41. The van der Waals surface area contributed by atoms with Crippen LogP contribution >= 0.6 is 0 Å². The third-order valence-corrected chi connectivity index (χ3v) is 3.51. The van der Waals surface area contributed by atoms with Crippen LogP contribution in [-0.2, 0) is 13.3 Å². The first-order valence-corrected chi connectivity index (χ1v) is 6.54. The minimum atomic E-state index is -3.40. The molecule has 0 saturated heterocycles. The summed E-state index contributed by atoms with van der Waals surface area (Å²) in [5, 5.41) is 0. The van der Waals surface area contributed by atoms with Crippen molar-refractivity contribution in [1.29, 1.82) is 0 Å². The lowest BCUT2D eigenvalue weighted by atomic mass is 10.3. The van der Waals surface area contributed by atoms with Gasteiger partial charge in [0, 0.05) is 13.2 Å². The standard InChI is InChI=1S/C9H20O4Si/c1-5-8-9(4)13-14(10,11-6-2)12-7-3/h5,9-10H,1,6-8H2,2-4H3. The van der Waals surface area contributed by atoms with Gasteiger partial charge in [-0.25, -0.2) is 0 Å². The summed E-state index contributed by atoms with van der Waals surface area (Å²) in [5.74, 6) is 0. The zero-order valence-electron chi connectivity index (χ0n) is 9.16. The molecule has 0 aromatic rings. The van der Waals surface area contributed by atoms with Crippen LogP contribution in [0.15, 0.2) is 12.7 Å². The Labute approximate surface area is 87.0 Å². The maximum atomic E-state index is 9.85. The molecule has 1 N–H and O–H groups in total. The van der Waals surface area contributed by atoms with Crippen LogP contribution in [0.2, 0.25) is 0 Å². The fourth-order valence-corrected chi connectivity index (χ4v) is 2.57. The van der Waals surface area contributed by atoms with Gasteiger partial charge in [-0.1, -0.05) is 6.08 Å². The second-order valence-corrected chi connectivity index (χ2v) is 4.70. The van der Waals surface area contributed by atoms with Crippen molar-refractivity contribution in [3.8, 4) is 0 Å². The minimum absolute atomic E-state index is 0.137. The SMILES string of the molecule is C=CCC(C)O[Si](O)(OCC)OCC. The van der Waals surface area contributed by atoms with Crippen LogP contribution in [0.3, 0.4) is 0 Å². The molecule has 5 heteroatoms. The summed E-state index contributed by atoms with van der Waals surface area (Å²) in [6, 6.07) is 0. The quantitative estimate of drug-likeness (QED) is 0.497. The molecular weight excluding hydrogens is 200 g/mol. The Balaban J connectivity index is 4.11. The Morgan fingerprint density at radius 3 is 2.21 bits per heavy atom. The van der Waals surface area contributed by atoms with E-state index in [0.717, 1.165) is 0 Å². The van der Waals surface area contributed by atoms with Crippen molar-refractivity contribution < 1.29 is 18.1 Å². The molecule has 0 rings (SSSR count). The van der Waals surface area contributed by atoms with Gasteiger partial charge in [0.2, 0.25) is 0 Å². The first kappa shape index (κ1) is 13.8. The summed E-state index contributed by atoms with van der Waals surface area (Å²) in [7, 11) is -3.40. The van der Waals surface area contributed by atoms with Gasteiger partial charge in [-0.2, -0.15) is 0 Å². The molecule has 0 saturated carbocycles. The molecule has 84 valence electrons. The molecule has 1 unspecified atom stereocenters. The van der Waals surface area contributed by atoms with E-state index in [-0.39, 0.29) is 6.10 Å². The molecule has 1 atom stereocenters. The Kier molecular flexibility index (Phi) is 7.03. The summed E-state index contributed by atoms with van der Waals surface area (Å²) in [6.07, 6.45) is 2.26. The van der Waals surface area contributed by atoms with Crippen LogP contribution in [0.4, 0.5) is 0 Å². The van der Waals surface area contributed by atoms with E-state index < -0.39 is 9.05 Å². The van der Waals surface area contributed by atoms with E-state index in [4.69, 9.17) is 13.3 Å². The van der Waals surface area contributed by atoms with Crippen molar-refractivity contribution in [1.82, 2.24) is 0 Å². The van der Waals surface area contributed by atoms with Crippen molar-refractivity contribution in [2.24, 2.45) is 0 Å². The lowest BCUT2D eigenvalue weighted by molar-refractivity contribution is -0.0229. The molecule has 0 aromatic carbocycles. The first-order valence-electron chi connectivity index (χ1n) is 4.87. The van der Waals surface area contributed by atoms with E-state index in [1.807, 2.05) is 6.92 Å². The molecule has 0 heterocycles. The Morgan fingerprint density at radius 1 is 1.36 bits per heavy atom. The van der Waals surface area contributed by atoms with Gasteiger partial charge in [0.1, 0.15) is 0 Å².